The lowest BCUT2D eigenvalue weighted by Crippen LogP contribution is -2.50. The highest BCUT2D eigenvalue weighted by Crippen LogP contribution is 2.34. The lowest BCUT2D eigenvalue weighted by molar-refractivity contribution is 0.216. The number of hydrazine groups is 1. The molecule has 3 nitrogen and oxygen atoms in total. The number of rotatable bonds is 1. The second-order valence-electron chi connectivity index (χ2n) is 2.76. The van der Waals surface area contributed by atoms with Crippen LogP contribution in [0.3, 0.4) is 0 Å². The molecule has 0 radical (unpaired) electrons. The molecule has 0 aromatic rings. The summed E-state index contributed by atoms with van der Waals surface area (Å²) < 4.78 is 0. The standard InChI is InChI=1S/C7H11N3/c1-10-5-2-3-6(9-8)7(10)4-5/h2-3,7,9H,4,8H2,1H3. The van der Waals surface area contributed by atoms with E-state index < -0.39 is 0 Å². The number of hydrogen-bond acceptors (Lipinski definition) is 3. The van der Waals surface area contributed by atoms with Crippen LogP contribution in [0, 0.1) is 0 Å². The van der Waals surface area contributed by atoms with Gasteiger partial charge in [-0.05, 0) is 12.2 Å². The highest BCUT2D eigenvalue weighted by atomic mass is 15.3. The first-order chi connectivity index (χ1) is 4.83. The molecule has 1 saturated heterocycles. The van der Waals surface area contributed by atoms with E-state index in [0.717, 1.165) is 12.1 Å². The topological polar surface area (TPSA) is 41.3 Å². The molecule has 0 spiro atoms. The van der Waals surface area contributed by atoms with Crippen LogP contribution in [0.25, 0.3) is 0 Å². The van der Waals surface area contributed by atoms with Crippen molar-refractivity contribution < 1.29 is 0 Å². The summed E-state index contributed by atoms with van der Waals surface area (Å²) in [6.45, 7) is 0. The van der Waals surface area contributed by atoms with Crippen molar-refractivity contribution in [3.05, 3.63) is 23.5 Å². The predicted molar refractivity (Wildman–Crippen MR) is 39.7 cm³/mol. The lowest BCUT2D eigenvalue weighted by Gasteiger charge is -2.45. The van der Waals surface area contributed by atoms with Gasteiger partial charge in [-0.2, -0.15) is 0 Å². The summed E-state index contributed by atoms with van der Waals surface area (Å²) in [5.41, 5.74) is 5.23. The fraction of sp³-hybridized carbons (Fsp3) is 0.429. The van der Waals surface area contributed by atoms with Crippen LogP contribution >= 0.6 is 0 Å². The van der Waals surface area contributed by atoms with E-state index in [-0.39, 0.29) is 0 Å². The van der Waals surface area contributed by atoms with Gasteiger partial charge in [0.05, 0.1) is 6.04 Å². The molecule has 2 heterocycles. The minimum atomic E-state index is 0.519. The normalized spacial score (nSPS) is 28.6. The number of nitrogens with one attached hydrogen (secondary N) is 1. The first-order valence-corrected chi connectivity index (χ1v) is 3.43. The summed E-state index contributed by atoms with van der Waals surface area (Å²) in [7, 11) is 2.09. The molecule has 1 unspecified atom stereocenters. The quantitative estimate of drug-likeness (QED) is 0.393. The molecule has 0 aromatic heterocycles. The van der Waals surface area contributed by atoms with Crippen LogP contribution in [0.15, 0.2) is 23.5 Å². The Morgan fingerprint density at radius 1 is 1.70 bits per heavy atom. The summed E-state index contributed by atoms with van der Waals surface area (Å²) >= 11 is 0. The van der Waals surface area contributed by atoms with Crippen LogP contribution in [0.4, 0.5) is 0 Å². The smallest absolute Gasteiger partial charge is 0.0750 e. The molecule has 1 atom stereocenters. The molecule has 3 N–H and O–H groups in total. The number of allylic oxidation sites excluding steroid dienone is 2. The number of likely N-dealkylation sites (N-methyl/N-ethyl adjacent to an activating group) is 1. The van der Waals surface area contributed by atoms with E-state index in [2.05, 4.69) is 23.4 Å². The molecule has 1 fully saturated rings. The van der Waals surface area contributed by atoms with Gasteiger partial charge < -0.3 is 10.3 Å². The number of nitrogens with zero attached hydrogens (tertiary/aromatic N) is 1. The molecule has 3 heteroatoms. The van der Waals surface area contributed by atoms with Gasteiger partial charge in [0.1, 0.15) is 0 Å². The Morgan fingerprint density at radius 3 is 2.90 bits per heavy atom. The van der Waals surface area contributed by atoms with E-state index in [1.807, 2.05) is 6.08 Å². The minimum Gasteiger partial charge on any atom is -0.369 e. The summed E-state index contributed by atoms with van der Waals surface area (Å²) in [5, 5.41) is 0. The zero-order valence-electron chi connectivity index (χ0n) is 5.96. The average Bonchev–Trinajstić information content (AvgIpc) is 2.03. The van der Waals surface area contributed by atoms with Crippen molar-refractivity contribution in [2.45, 2.75) is 12.5 Å². The maximum absolute atomic E-state index is 5.31. The van der Waals surface area contributed by atoms with E-state index in [1.54, 1.807) is 0 Å². The largest absolute Gasteiger partial charge is 0.369 e. The van der Waals surface area contributed by atoms with Gasteiger partial charge in [-0.25, -0.2) is 0 Å². The molecule has 0 amide bonds. The Bertz CT molecular complexity index is 217. The zero-order chi connectivity index (χ0) is 7.14. The molecule has 0 saturated carbocycles. The molecular formula is C7H11N3. The van der Waals surface area contributed by atoms with E-state index in [0.29, 0.717) is 6.04 Å². The van der Waals surface area contributed by atoms with Crippen LogP contribution in [-0.4, -0.2) is 18.0 Å². The van der Waals surface area contributed by atoms with Crippen LogP contribution in [-0.2, 0) is 0 Å². The van der Waals surface area contributed by atoms with E-state index in [1.165, 1.54) is 5.70 Å². The SMILES string of the molecule is CN1C2=CC=C(NN)C1C2. The van der Waals surface area contributed by atoms with E-state index in [9.17, 15) is 0 Å². The highest BCUT2D eigenvalue weighted by Gasteiger charge is 2.33. The van der Waals surface area contributed by atoms with Crippen molar-refractivity contribution in [2.75, 3.05) is 7.05 Å². The first-order valence-electron chi connectivity index (χ1n) is 3.43. The number of hydrogen-bond donors (Lipinski definition) is 2. The van der Waals surface area contributed by atoms with Gasteiger partial charge in [0, 0.05) is 24.9 Å². The third kappa shape index (κ3) is 0.529. The molecule has 10 heavy (non-hydrogen) atoms. The first kappa shape index (κ1) is 5.80. The van der Waals surface area contributed by atoms with Crippen molar-refractivity contribution in [2.24, 2.45) is 5.84 Å². The third-order valence-corrected chi connectivity index (χ3v) is 2.30. The fourth-order valence-corrected chi connectivity index (χ4v) is 1.51. The molecule has 3 rings (SSSR count). The van der Waals surface area contributed by atoms with Gasteiger partial charge >= 0.3 is 0 Å². The average molecular weight is 137 g/mol. The lowest BCUT2D eigenvalue weighted by atomic mass is 9.91. The molecule has 2 aliphatic heterocycles. The Hall–Kier alpha value is -0.960. The van der Waals surface area contributed by atoms with Crippen LogP contribution in [0.1, 0.15) is 6.42 Å². The second kappa shape index (κ2) is 1.76. The van der Waals surface area contributed by atoms with Gasteiger partial charge in [-0.1, -0.05) is 0 Å². The van der Waals surface area contributed by atoms with Gasteiger partial charge in [0.25, 0.3) is 0 Å². The molecule has 54 valence electrons. The monoisotopic (exact) mass is 137 g/mol. The summed E-state index contributed by atoms with van der Waals surface area (Å²) in [6, 6.07) is 0.519. The van der Waals surface area contributed by atoms with Crippen molar-refractivity contribution in [3.63, 3.8) is 0 Å². The fourth-order valence-electron chi connectivity index (χ4n) is 1.51. The van der Waals surface area contributed by atoms with Gasteiger partial charge in [0.2, 0.25) is 0 Å². The van der Waals surface area contributed by atoms with Crippen molar-refractivity contribution in [3.8, 4) is 0 Å². The second-order valence-corrected chi connectivity index (χ2v) is 2.76. The maximum atomic E-state index is 5.31. The number of nitrogens with two attached hydrogens (primary N) is 1. The Labute approximate surface area is 60.2 Å². The molecule has 3 aliphatic rings. The van der Waals surface area contributed by atoms with Crippen LogP contribution in [0.2, 0.25) is 0 Å². The highest BCUT2D eigenvalue weighted by molar-refractivity contribution is 5.35. The van der Waals surface area contributed by atoms with Crippen molar-refractivity contribution in [1.29, 1.82) is 0 Å². The van der Waals surface area contributed by atoms with Crippen molar-refractivity contribution >= 4 is 0 Å². The molecule has 1 aliphatic carbocycles. The summed E-state index contributed by atoms with van der Waals surface area (Å²) in [5.74, 6) is 5.31. The van der Waals surface area contributed by atoms with Crippen LogP contribution in [0.5, 0.6) is 0 Å². The van der Waals surface area contributed by atoms with Gasteiger partial charge in [-0.3, -0.25) is 5.84 Å². The predicted octanol–water partition coefficient (Wildman–Crippen LogP) is -0.0648. The number of fused-ring (bicyclic) bond motifs is 1. The van der Waals surface area contributed by atoms with E-state index >= 15 is 0 Å². The Kier molecular flexibility index (Phi) is 1.02. The van der Waals surface area contributed by atoms with Crippen LogP contribution < -0.4 is 11.3 Å². The van der Waals surface area contributed by atoms with Gasteiger partial charge in [-0.15, -0.1) is 0 Å². The Morgan fingerprint density at radius 2 is 2.50 bits per heavy atom. The summed E-state index contributed by atoms with van der Waals surface area (Å²) in [6.07, 6.45) is 5.30. The van der Waals surface area contributed by atoms with E-state index in [4.69, 9.17) is 5.84 Å². The summed E-state index contributed by atoms with van der Waals surface area (Å²) in [4.78, 5) is 2.23. The molecular weight excluding hydrogens is 126 g/mol. The minimum absolute atomic E-state index is 0.519. The van der Waals surface area contributed by atoms with Gasteiger partial charge in [0.15, 0.2) is 0 Å². The maximum Gasteiger partial charge on any atom is 0.0750 e. The molecule has 0 aromatic carbocycles. The Balaban J connectivity index is 2.25. The zero-order valence-corrected chi connectivity index (χ0v) is 5.96. The molecule has 2 bridgehead atoms. The third-order valence-electron chi connectivity index (χ3n) is 2.30. The van der Waals surface area contributed by atoms with Crippen molar-refractivity contribution in [1.82, 2.24) is 10.3 Å².